The first kappa shape index (κ1) is 19.4. The smallest absolute Gasteiger partial charge is 0.227 e. The number of fused-ring (bicyclic) bond motifs is 1. The number of rotatable bonds is 6. The largest absolute Gasteiger partial charge is 0.312 e. The average Bonchev–Trinajstić information content (AvgIpc) is 2.62. The summed E-state index contributed by atoms with van der Waals surface area (Å²) in [6.45, 7) is 2.54. The zero-order valence-corrected chi connectivity index (χ0v) is 15.7. The Morgan fingerprint density at radius 2 is 1.89 bits per heavy atom. The van der Waals surface area contributed by atoms with Crippen molar-refractivity contribution in [2.45, 2.75) is 32.1 Å². The Morgan fingerprint density at radius 3 is 2.59 bits per heavy atom. The van der Waals surface area contributed by atoms with Crippen LogP contribution >= 0.6 is 0 Å². The lowest BCUT2D eigenvalue weighted by atomic mass is 9.99. The third-order valence-electron chi connectivity index (χ3n) is 4.52. The Hall–Kier alpha value is -2.32. The van der Waals surface area contributed by atoms with Crippen molar-refractivity contribution < 1.29 is 22.0 Å². The van der Waals surface area contributed by atoms with Crippen LogP contribution in [-0.4, -0.2) is 20.9 Å². The van der Waals surface area contributed by atoms with Crippen molar-refractivity contribution >= 4 is 21.6 Å². The lowest BCUT2D eigenvalue weighted by Gasteiger charge is -2.28. The first-order chi connectivity index (χ1) is 12.8. The van der Waals surface area contributed by atoms with Crippen molar-refractivity contribution in [3.8, 4) is 0 Å². The molecule has 5 nitrogen and oxygen atoms in total. The molecule has 1 aliphatic rings. The van der Waals surface area contributed by atoms with Gasteiger partial charge in [-0.2, -0.15) is 0 Å². The highest BCUT2D eigenvalue weighted by Gasteiger charge is 2.23. The van der Waals surface area contributed by atoms with Crippen LogP contribution in [-0.2, 0) is 33.5 Å². The van der Waals surface area contributed by atoms with Crippen molar-refractivity contribution in [3.63, 3.8) is 0 Å². The number of benzene rings is 2. The monoisotopic (exact) mass is 394 g/mol. The fraction of sp³-hybridized carbons (Fsp3) is 0.316. The van der Waals surface area contributed by atoms with Crippen LogP contribution in [0.1, 0.15) is 30.0 Å². The van der Waals surface area contributed by atoms with Crippen molar-refractivity contribution in [2.24, 2.45) is 0 Å². The number of carbonyl (C=O) groups excluding carboxylic acids is 1. The molecule has 0 unspecified atom stereocenters. The normalized spacial score (nSPS) is 14.3. The SMILES string of the molecule is CCN1C(=O)CCc2cc(CNS(=O)(=O)Cc3ccc(F)cc3F)ccc21. The van der Waals surface area contributed by atoms with Gasteiger partial charge in [0, 0.05) is 36.8 Å². The number of aryl methyl sites for hydroxylation is 1. The molecule has 0 atom stereocenters. The Balaban J connectivity index is 1.70. The van der Waals surface area contributed by atoms with Crippen LogP contribution < -0.4 is 9.62 Å². The number of halogens is 2. The number of hydrogen-bond acceptors (Lipinski definition) is 3. The summed E-state index contributed by atoms with van der Waals surface area (Å²) >= 11 is 0. The standard InChI is InChI=1S/C19H20F2N2O3S/c1-2-23-18-7-3-13(9-14(18)5-8-19(23)24)11-22-27(25,26)12-15-4-6-16(20)10-17(15)21/h3-4,6-7,9-10,22H,2,5,8,11-12H2,1H3. The van der Waals surface area contributed by atoms with Crippen LogP contribution in [0.4, 0.5) is 14.5 Å². The highest BCUT2D eigenvalue weighted by atomic mass is 32.2. The quantitative estimate of drug-likeness (QED) is 0.819. The molecular weight excluding hydrogens is 374 g/mol. The van der Waals surface area contributed by atoms with E-state index < -0.39 is 27.4 Å². The van der Waals surface area contributed by atoms with Gasteiger partial charge < -0.3 is 4.90 Å². The summed E-state index contributed by atoms with van der Waals surface area (Å²) in [7, 11) is -3.79. The molecule has 0 bridgehead atoms. The lowest BCUT2D eigenvalue weighted by molar-refractivity contribution is -0.118. The molecule has 0 spiro atoms. The maximum Gasteiger partial charge on any atom is 0.227 e. The predicted octanol–water partition coefficient (Wildman–Crippen LogP) is 2.88. The highest BCUT2D eigenvalue weighted by molar-refractivity contribution is 7.88. The number of amides is 1. The molecule has 2 aromatic rings. The van der Waals surface area contributed by atoms with Gasteiger partial charge in [0.2, 0.25) is 15.9 Å². The zero-order chi connectivity index (χ0) is 19.6. The first-order valence-electron chi connectivity index (χ1n) is 8.62. The third kappa shape index (κ3) is 4.51. The van der Waals surface area contributed by atoms with Gasteiger partial charge in [0.15, 0.2) is 0 Å². The van der Waals surface area contributed by atoms with Crippen LogP contribution in [0, 0.1) is 11.6 Å². The Labute approximate surface area is 157 Å². The molecule has 27 heavy (non-hydrogen) atoms. The number of hydrogen-bond donors (Lipinski definition) is 1. The number of nitrogens with one attached hydrogen (secondary N) is 1. The Bertz CT molecular complexity index is 977. The molecular formula is C19H20F2N2O3S. The molecule has 0 aromatic heterocycles. The molecule has 1 N–H and O–H groups in total. The number of carbonyl (C=O) groups is 1. The molecule has 0 fully saturated rings. The molecule has 8 heteroatoms. The predicted molar refractivity (Wildman–Crippen MR) is 98.6 cm³/mol. The lowest BCUT2D eigenvalue weighted by Crippen LogP contribution is -2.34. The number of nitrogens with zero attached hydrogens (tertiary/aromatic N) is 1. The number of anilines is 1. The second kappa shape index (κ2) is 7.74. The Morgan fingerprint density at radius 1 is 1.11 bits per heavy atom. The van der Waals surface area contributed by atoms with E-state index in [1.807, 2.05) is 19.1 Å². The molecule has 0 aliphatic carbocycles. The molecule has 2 aromatic carbocycles. The minimum Gasteiger partial charge on any atom is -0.312 e. The second-order valence-electron chi connectivity index (χ2n) is 6.42. The Kier molecular flexibility index (Phi) is 5.57. The summed E-state index contributed by atoms with van der Waals surface area (Å²) in [5.74, 6) is -2.13. The van der Waals surface area contributed by atoms with E-state index in [1.165, 1.54) is 0 Å². The fourth-order valence-corrected chi connectivity index (χ4v) is 4.29. The maximum atomic E-state index is 13.7. The summed E-state index contributed by atoms with van der Waals surface area (Å²) in [6.07, 6.45) is 1.05. The minimum absolute atomic E-state index is 0.0541. The average molecular weight is 394 g/mol. The van der Waals surface area contributed by atoms with Crippen molar-refractivity contribution in [2.75, 3.05) is 11.4 Å². The van der Waals surface area contributed by atoms with Crippen molar-refractivity contribution in [1.29, 1.82) is 0 Å². The van der Waals surface area contributed by atoms with Gasteiger partial charge in [-0.1, -0.05) is 18.2 Å². The molecule has 0 saturated heterocycles. The van der Waals surface area contributed by atoms with Crippen LogP contribution in [0.5, 0.6) is 0 Å². The van der Waals surface area contributed by atoms with Crippen molar-refractivity contribution in [3.05, 3.63) is 64.7 Å². The third-order valence-corrected chi connectivity index (χ3v) is 5.79. The van der Waals surface area contributed by atoms with Crippen LogP contribution in [0.15, 0.2) is 36.4 Å². The minimum atomic E-state index is -3.79. The maximum absolute atomic E-state index is 13.7. The van der Waals surface area contributed by atoms with Crippen LogP contribution in [0.25, 0.3) is 0 Å². The zero-order valence-electron chi connectivity index (χ0n) is 14.8. The molecule has 1 aliphatic heterocycles. The van der Waals surface area contributed by atoms with E-state index in [0.29, 0.717) is 25.5 Å². The van der Waals surface area contributed by atoms with Gasteiger partial charge in [-0.3, -0.25) is 4.79 Å². The summed E-state index contributed by atoms with van der Waals surface area (Å²) in [6, 6.07) is 8.28. The summed E-state index contributed by atoms with van der Waals surface area (Å²) in [5.41, 5.74) is 2.51. The molecule has 3 rings (SSSR count). The summed E-state index contributed by atoms with van der Waals surface area (Å²) in [5, 5.41) is 0. The fourth-order valence-electron chi connectivity index (χ4n) is 3.16. The van der Waals surface area contributed by atoms with E-state index in [-0.39, 0.29) is 18.0 Å². The molecule has 0 saturated carbocycles. The molecule has 144 valence electrons. The van der Waals surface area contributed by atoms with E-state index in [9.17, 15) is 22.0 Å². The van der Waals surface area contributed by atoms with Gasteiger partial charge in [-0.05, 0) is 36.6 Å². The van der Waals surface area contributed by atoms with Gasteiger partial charge in [-0.15, -0.1) is 0 Å². The van der Waals surface area contributed by atoms with Gasteiger partial charge in [0.1, 0.15) is 11.6 Å². The van der Waals surface area contributed by atoms with E-state index >= 15 is 0 Å². The number of sulfonamides is 1. The van der Waals surface area contributed by atoms with E-state index in [2.05, 4.69) is 4.72 Å². The van der Waals surface area contributed by atoms with Crippen LogP contribution in [0.2, 0.25) is 0 Å². The van der Waals surface area contributed by atoms with Crippen LogP contribution in [0.3, 0.4) is 0 Å². The van der Waals surface area contributed by atoms with Crippen molar-refractivity contribution in [1.82, 2.24) is 4.72 Å². The molecule has 1 heterocycles. The highest BCUT2D eigenvalue weighted by Crippen LogP contribution is 2.28. The summed E-state index contributed by atoms with van der Waals surface area (Å²) in [4.78, 5) is 13.6. The molecule has 0 radical (unpaired) electrons. The van der Waals surface area contributed by atoms with E-state index in [4.69, 9.17) is 0 Å². The first-order valence-corrected chi connectivity index (χ1v) is 10.3. The van der Waals surface area contributed by atoms with Gasteiger partial charge in [-0.25, -0.2) is 21.9 Å². The van der Waals surface area contributed by atoms with Gasteiger partial charge in [0.25, 0.3) is 0 Å². The second-order valence-corrected chi connectivity index (χ2v) is 8.22. The van der Waals surface area contributed by atoms with E-state index in [0.717, 1.165) is 28.9 Å². The van der Waals surface area contributed by atoms with Gasteiger partial charge in [0.05, 0.1) is 5.75 Å². The van der Waals surface area contributed by atoms with E-state index in [1.54, 1.807) is 11.0 Å². The topological polar surface area (TPSA) is 66.5 Å². The summed E-state index contributed by atoms with van der Waals surface area (Å²) < 4.78 is 53.5. The van der Waals surface area contributed by atoms with Gasteiger partial charge >= 0.3 is 0 Å². The molecule has 1 amide bonds.